The van der Waals surface area contributed by atoms with Crippen LogP contribution >= 0.6 is 34.0 Å². The van der Waals surface area contributed by atoms with E-state index in [4.69, 9.17) is 4.98 Å². The van der Waals surface area contributed by atoms with E-state index in [2.05, 4.69) is 138 Å². The number of rotatable bonds is 3. The number of aromatic nitrogens is 1. The van der Waals surface area contributed by atoms with Gasteiger partial charge in [-0.3, -0.25) is 4.90 Å². The van der Waals surface area contributed by atoms with Crippen molar-refractivity contribution in [3.63, 3.8) is 0 Å². The third-order valence-corrected chi connectivity index (χ3v) is 12.1. The van der Waals surface area contributed by atoms with Gasteiger partial charge in [-0.15, -0.1) is 34.0 Å². The Morgan fingerprint density at radius 2 is 0.977 bits per heavy atom. The maximum atomic E-state index is 5.41. The number of pyridine rings is 1. The van der Waals surface area contributed by atoms with Crippen LogP contribution in [0.4, 0.5) is 17.2 Å². The Hall–Kier alpha value is -4.81. The molecule has 0 spiro atoms. The molecule has 0 atom stereocenters. The van der Waals surface area contributed by atoms with Crippen LogP contribution in [0.5, 0.6) is 0 Å². The van der Waals surface area contributed by atoms with Crippen molar-refractivity contribution in [3.05, 3.63) is 133 Å². The van der Waals surface area contributed by atoms with Gasteiger partial charge in [-0.2, -0.15) is 0 Å². The highest BCUT2D eigenvalue weighted by molar-refractivity contribution is 7.27. The molecule has 0 unspecified atom stereocenters. The van der Waals surface area contributed by atoms with Crippen molar-refractivity contribution in [3.8, 4) is 0 Å². The summed E-state index contributed by atoms with van der Waals surface area (Å²) in [4.78, 5) is 7.74. The molecule has 0 aliphatic carbocycles. The molecule has 0 amide bonds. The van der Waals surface area contributed by atoms with Crippen LogP contribution in [0.1, 0.15) is 0 Å². The molecule has 0 aliphatic rings. The second kappa shape index (κ2) is 9.34. The zero-order chi connectivity index (χ0) is 28.8. The van der Waals surface area contributed by atoms with Gasteiger partial charge in [0.2, 0.25) is 0 Å². The average Bonchev–Trinajstić information content (AvgIpc) is 3.75. The quantitative estimate of drug-likeness (QED) is 0.197. The molecule has 4 aromatic heterocycles. The van der Waals surface area contributed by atoms with Crippen molar-refractivity contribution in [1.82, 2.24) is 4.98 Å². The van der Waals surface area contributed by atoms with E-state index in [1.807, 2.05) is 34.0 Å². The molecule has 0 saturated carbocycles. The highest BCUT2D eigenvalue weighted by atomic mass is 32.1. The Balaban J connectivity index is 1.22. The van der Waals surface area contributed by atoms with Gasteiger partial charge in [0.25, 0.3) is 0 Å². The predicted molar refractivity (Wildman–Crippen MR) is 195 cm³/mol. The number of nitrogens with zero attached hydrogens (tertiary/aromatic N) is 2. The number of benzene rings is 6. The van der Waals surface area contributed by atoms with Crippen molar-refractivity contribution in [1.29, 1.82) is 0 Å². The fourth-order valence-electron chi connectivity index (χ4n) is 6.61. The molecule has 0 fully saturated rings. The molecule has 0 aliphatic heterocycles. The summed E-state index contributed by atoms with van der Waals surface area (Å²) in [6, 6.07) is 48.6. The number of thiophene rings is 3. The summed E-state index contributed by atoms with van der Waals surface area (Å²) in [5.74, 6) is 0.922. The van der Waals surface area contributed by atoms with Gasteiger partial charge < -0.3 is 0 Å². The standard InChI is InChI=1S/C39H22N2S3/c1-2-8-26-23(7-1)13-16-31-38-34(44-39(26)31)19-20-37(40-38)41(24-14-17-29-27-9-3-5-11-32(27)42-35(29)21-24)25-15-18-30-28-10-4-6-12-33(28)43-36(30)22-25/h1-22H. The van der Waals surface area contributed by atoms with Gasteiger partial charge in [0.05, 0.1) is 10.2 Å². The molecule has 0 N–H and O–H groups in total. The number of fused-ring (bicyclic) bond motifs is 11. The van der Waals surface area contributed by atoms with Crippen LogP contribution in [-0.2, 0) is 0 Å². The molecule has 0 saturated heterocycles. The number of anilines is 3. The van der Waals surface area contributed by atoms with Crippen LogP contribution in [0.15, 0.2) is 133 Å². The summed E-state index contributed by atoms with van der Waals surface area (Å²) in [7, 11) is 0. The molecule has 2 nitrogen and oxygen atoms in total. The van der Waals surface area contributed by atoms with Crippen molar-refractivity contribution in [2.75, 3.05) is 4.90 Å². The maximum Gasteiger partial charge on any atom is 0.138 e. The van der Waals surface area contributed by atoms with Gasteiger partial charge >= 0.3 is 0 Å². The fourth-order valence-corrected chi connectivity index (χ4v) is 10.1. The first kappa shape index (κ1) is 24.6. The number of hydrogen-bond acceptors (Lipinski definition) is 5. The van der Waals surface area contributed by atoms with Crippen LogP contribution in [0.2, 0.25) is 0 Å². The van der Waals surface area contributed by atoms with Crippen molar-refractivity contribution in [2.45, 2.75) is 0 Å². The topological polar surface area (TPSA) is 16.1 Å². The van der Waals surface area contributed by atoms with Crippen LogP contribution in [-0.4, -0.2) is 4.98 Å². The van der Waals surface area contributed by atoms with E-state index in [-0.39, 0.29) is 0 Å². The van der Waals surface area contributed by atoms with Gasteiger partial charge in [0, 0.05) is 61.8 Å². The highest BCUT2D eigenvalue weighted by Gasteiger charge is 2.19. The molecular formula is C39H22N2S3. The van der Waals surface area contributed by atoms with Crippen molar-refractivity contribution < 1.29 is 0 Å². The average molecular weight is 615 g/mol. The minimum absolute atomic E-state index is 0.922. The van der Waals surface area contributed by atoms with E-state index >= 15 is 0 Å². The molecule has 10 rings (SSSR count). The first-order chi connectivity index (χ1) is 21.8. The van der Waals surface area contributed by atoms with Gasteiger partial charge in [0.1, 0.15) is 5.82 Å². The fraction of sp³-hybridized carbons (Fsp3) is 0. The van der Waals surface area contributed by atoms with Crippen LogP contribution in [0.3, 0.4) is 0 Å². The summed E-state index contributed by atoms with van der Waals surface area (Å²) in [5.41, 5.74) is 3.28. The van der Waals surface area contributed by atoms with Gasteiger partial charge in [0.15, 0.2) is 0 Å². The normalized spacial score (nSPS) is 12.1. The maximum absolute atomic E-state index is 5.41. The van der Waals surface area contributed by atoms with E-state index < -0.39 is 0 Å². The van der Waals surface area contributed by atoms with Crippen LogP contribution < -0.4 is 4.90 Å². The molecular weight excluding hydrogens is 593 g/mol. The Kier molecular flexibility index (Phi) is 5.23. The lowest BCUT2D eigenvalue weighted by Crippen LogP contribution is -2.11. The lowest BCUT2D eigenvalue weighted by atomic mass is 10.1. The van der Waals surface area contributed by atoms with Gasteiger partial charge in [-0.05, 0) is 59.3 Å². The van der Waals surface area contributed by atoms with E-state index in [9.17, 15) is 0 Å². The van der Waals surface area contributed by atoms with Crippen molar-refractivity contribution >= 4 is 123 Å². The Labute approximate surface area is 264 Å². The van der Waals surface area contributed by atoms with Crippen LogP contribution in [0.25, 0.3) is 71.4 Å². The van der Waals surface area contributed by atoms with Crippen molar-refractivity contribution in [2.24, 2.45) is 0 Å². The largest absolute Gasteiger partial charge is 0.295 e. The highest BCUT2D eigenvalue weighted by Crippen LogP contribution is 2.44. The summed E-state index contributed by atoms with van der Waals surface area (Å²) in [5, 5.41) is 8.99. The molecule has 4 heterocycles. The molecule has 0 bridgehead atoms. The minimum Gasteiger partial charge on any atom is -0.295 e. The first-order valence-corrected chi connectivity index (χ1v) is 17.1. The zero-order valence-electron chi connectivity index (χ0n) is 23.3. The van der Waals surface area contributed by atoms with E-state index in [1.54, 1.807) is 0 Å². The SMILES string of the molecule is c1ccc2c(c1)ccc1c3nc(N(c4ccc5c(c4)sc4ccccc45)c4ccc5c(c4)sc4ccccc45)ccc3sc21. The Morgan fingerprint density at radius 3 is 1.66 bits per heavy atom. The third kappa shape index (κ3) is 3.61. The lowest BCUT2D eigenvalue weighted by molar-refractivity contribution is 1.22. The second-order valence-electron chi connectivity index (χ2n) is 11.2. The lowest BCUT2D eigenvalue weighted by Gasteiger charge is -2.24. The molecule has 10 aromatic rings. The monoisotopic (exact) mass is 614 g/mol. The molecule has 6 aromatic carbocycles. The molecule has 0 radical (unpaired) electrons. The van der Waals surface area contributed by atoms with E-state index in [1.165, 1.54) is 65.9 Å². The van der Waals surface area contributed by atoms with Crippen LogP contribution in [0, 0.1) is 0 Å². The summed E-state index contributed by atoms with van der Waals surface area (Å²) in [6.45, 7) is 0. The molecule has 5 heteroatoms. The third-order valence-electron chi connectivity index (χ3n) is 8.66. The summed E-state index contributed by atoms with van der Waals surface area (Å²) in [6.07, 6.45) is 0. The van der Waals surface area contributed by atoms with E-state index in [0.29, 0.717) is 0 Å². The Bertz CT molecular complexity index is 2630. The predicted octanol–water partition coefficient (Wildman–Crippen LogP) is 12.8. The smallest absolute Gasteiger partial charge is 0.138 e. The minimum atomic E-state index is 0.922. The summed E-state index contributed by atoms with van der Waals surface area (Å²) < 4.78 is 7.70. The molecule has 44 heavy (non-hydrogen) atoms. The van der Waals surface area contributed by atoms with Gasteiger partial charge in [-0.1, -0.05) is 84.9 Å². The first-order valence-electron chi connectivity index (χ1n) is 14.6. The summed E-state index contributed by atoms with van der Waals surface area (Å²) >= 11 is 5.54. The zero-order valence-corrected chi connectivity index (χ0v) is 25.8. The van der Waals surface area contributed by atoms with E-state index in [0.717, 1.165) is 22.7 Å². The van der Waals surface area contributed by atoms with Gasteiger partial charge in [-0.25, -0.2) is 4.98 Å². The second-order valence-corrected chi connectivity index (χ2v) is 14.4. The molecule has 206 valence electrons. The Morgan fingerprint density at radius 1 is 0.409 bits per heavy atom. The number of hydrogen-bond donors (Lipinski definition) is 0.